The van der Waals surface area contributed by atoms with Crippen molar-refractivity contribution in [1.82, 2.24) is 9.78 Å². The molecule has 0 aliphatic heterocycles. The Morgan fingerprint density at radius 2 is 1.92 bits per heavy atom. The molecular formula is C17H23Cl3N4O. The summed E-state index contributed by atoms with van der Waals surface area (Å²) in [5.74, 6) is 0.639. The molecule has 0 unspecified atom stereocenters. The summed E-state index contributed by atoms with van der Waals surface area (Å²) < 4.78 is 1.70. The molecular weight excluding hydrogens is 383 g/mol. The lowest BCUT2D eigenvalue weighted by atomic mass is 10.1. The lowest BCUT2D eigenvalue weighted by molar-refractivity contribution is -0.116. The van der Waals surface area contributed by atoms with Crippen LogP contribution in [0.4, 0.5) is 5.82 Å². The highest BCUT2D eigenvalue weighted by atomic mass is 35.5. The minimum Gasteiger partial charge on any atom is -0.330 e. The van der Waals surface area contributed by atoms with Crippen molar-refractivity contribution in [3.05, 3.63) is 46.1 Å². The first-order chi connectivity index (χ1) is 11.6. The molecule has 5 nitrogen and oxygen atoms in total. The number of nitrogens with two attached hydrogens (primary N) is 1. The Balaban J connectivity index is 0.00000312. The smallest absolute Gasteiger partial charge is 0.225 e. The van der Waals surface area contributed by atoms with Gasteiger partial charge in [-0.1, -0.05) is 48.2 Å². The molecule has 1 heterocycles. The third kappa shape index (κ3) is 6.86. The normalized spacial score (nSPS) is 10.4. The fourth-order valence-electron chi connectivity index (χ4n) is 2.39. The van der Waals surface area contributed by atoms with Gasteiger partial charge in [-0.2, -0.15) is 5.10 Å². The molecule has 0 bridgehead atoms. The minimum atomic E-state index is -0.0123. The Labute approximate surface area is 164 Å². The molecule has 0 fully saturated rings. The molecule has 138 valence electrons. The second-order valence-corrected chi connectivity index (χ2v) is 6.37. The molecule has 0 atom stereocenters. The van der Waals surface area contributed by atoms with Crippen molar-refractivity contribution in [2.45, 2.75) is 38.6 Å². The maximum absolute atomic E-state index is 12.0. The van der Waals surface area contributed by atoms with Gasteiger partial charge in [-0.05, 0) is 31.0 Å². The van der Waals surface area contributed by atoms with Gasteiger partial charge in [0.25, 0.3) is 0 Å². The molecule has 8 heteroatoms. The quantitative estimate of drug-likeness (QED) is 0.603. The molecule has 25 heavy (non-hydrogen) atoms. The fraction of sp³-hybridized carbons (Fsp3) is 0.412. The van der Waals surface area contributed by atoms with Gasteiger partial charge in [0.15, 0.2) is 0 Å². The highest BCUT2D eigenvalue weighted by Gasteiger charge is 2.10. The van der Waals surface area contributed by atoms with Gasteiger partial charge < -0.3 is 11.1 Å². The molecule has 2 rings (SSSR count). The summed E-state index contributed by atoms with van der Waals surface area (Å²) in [7, 11) is 0. The Kier molecular flexibility index (Phi) is 9.90. The second kappa shape index (κ2) is 11.4. The van der Waals surface area contributed by atoms with E-state index >= 15 is 0 Å². The van der Waals surface area contributed by atoms with Gasteiger partial charge >= 0.3 is 0 Å². The number of anilines is 1. The van der Waals surface area contributed by atoms with Crippen molar-refractivity contribution in [3.8, 4) is 0 Å². The van der Waals surface area contributed by atoms with Crippen LogP contribution in [0.5, 0.6) is 0 Å². The highest BCUT2D eigenvalue weighted by Crippen LogP contribution is 2.26. The van der Waals surface area contributed by atoms with Gasteiger partial charge in [-0.3, -0.25) is 4.79 Å². The maximum Gasteiger partial charge on any atom is 0.225 e. The lowest BCUT2D eigenvalue weighted by Gasteiger charge is -2.11. The number of benzene rings is 1. The van der Waals surface area contributed by atoms with Gasteiger partial charge in [-0.15, -0.1) is 12.4 Å². The van der Waals surface area contributed by atoms with Crippen molar-refractivity contribution in [1.29, 1.82) is 0 Å². The number of carbonyl (C=O) groups excluding carboxylic acids is 1. The molecule has 1 aromatic heterocycles. The summed E-state index contributed by atoms with van der Waals surface area (Å²) in [4.78, 5) is 12.0. The van der Waals surface area contributed by atoms with Crippen molar-refractivity contribution in [3.63, 3.8) is 0 Å². The molecule has 1 aromatic carbocycles. The van der Waals surface area contributed by atoms with E-state index in [1.165, 1.54) is 0 Å². The number of unbranched alkanes of at least 4 members (excludes halogenated alkanes) is 3. The average molecular weight is 406 g/mol. The molecule has 3 N–H and O–H groups in total. The van der Waals surface area contributed by atoms with E-state index in [4.69, 9.17) is 28.9 Å². The number of rotatable bonds is 9. The van der Waals surface area contributed by atoms with Gasteiger partial charge in [0, 0.05) is 12.5 Å². The summed E-state index contributed by atoms with van der Waals surface area (Å²) in [6.45, 7) is 1.15. The van der Waals surface area contributed by atoms with E-state index in [2.05, 4.69) is 10.4 Å². The van der Waals surface area contributed by atoms with Crippen LogP contribution >= 0.6 is 35.6 Å². The zero-order valence-corrected chi connectivity index (χ0v) is 16.2. The van der Waals surface area contributed by atoms with Crippen LogP contribution in [0, 0.1) is 0 Å². The summed E-state index contributed by atoms with van der Waals surface area (Å²) >= 11 is 12.2. The SMILES string of the molecule is Cl.NCCCCCCC(=O)Nc1ccnn1Cc1cccc(Cl)c1Cl. The number of hydrogen-bond acceptors (Lipinski definition) is 3. The Bertz CT molecular complexity index is 676. The molecule has 2 aromatic rings. The predicted octanol–water partition coefficient (Wildman–Crippen LogP) is 4.51. The molecule has 0 aliphatic carbocycles. The monoisotopic (exact) mass is 404 g/mol. The first-order valence-corrected chi connectivity index (χ1v) is 8.82. The maximum atomic E-state index is 12.0. The van der Waals surface area contributed by atoms with Gasteiger partial charge in [0.1, 0.15) is 5.82 Å². The molecule has 0 saturated heterocycles. The van der Waals surface area contributed by atoms with E-state index in [1.54, 1.807) is 23.0 Å². The lowest BCUT2D eigenvalue weighted by Crippen LogP contribution is -2.16. The first-order valence-electron chi connectivity index (χ1n) is 8.06. The molecule has 0 radical (unpaired) electrons. The van der Waals surface area contributed by atoms with Crippen LogP contribution in [0.3, 0.4) is 0 Å². The number of hydrogen-bond donors (Lipinski definition) is 2. The summed E-state index contributed by atoms with van der Waals surface area (Å²) in [5, 5.41) is 8.15. The third-order valence-electron chi connectivity index (χ3n) is 3.69. The van der Waals surface area contributed by atoms with Crippen molar-refractivity contribution in [2.75, 3.05) is 11.9 Å². The molecule has 0 spiro atoms. The Morgan fingerprint density at radius 3 is 2.68 bits per heavy atom. The van der Waals surface area contributed by atoms with Gasteiger partial charge in [0.05, 0.1) is 22.8 Å². The number of nitrogens with one attached hydrogen (secondary N) is 1. The molecule has 0 aliphatic rings. The average Bonchev–Trinajstić information content (AvgIpc) is 2.98. The minimum absolute atomic E-state index is 0. The fourth-order valence-corrected chi connectivity index (χ4v) is 2.77. The Hall–Kier alpha value is -1.27. The topological polar surface area (TPSA) is 72.9 Å². The van der Waals surface area contributed by atoms with Crippen LogP contribution < -0.4 is 11.1 Å². The predicted molar refractivity (Wildman–Crippen MR) is 106 cm³/mol. The second-order valence-electron chi connectivity index (χ2n) is 5.59. The zero-order chi connectivity index (χ0) is 17.4. The van der Waals surface area contributed by atoms with Crippen LogP contribution in [0.15, 0.2) is 30.5 Å². The zero-order valence-electron chi connectivity index (χ0n) is 13.9. The molecule has 1 amide bonds. The first kappa shape index (κ1) is 21.8. The van der Waals surface area contributed by atoms with E-state index < -0.39 is 0 Å². The highest BCUT2D eigenvalue weighted by molar-refractivity contribution is 6.42. The van der Waals surface area contributed by atoms with Crippen molar-refractivity contribution in [2.24, 2.45) is 5.73 Å². The van der Waals surface area contributed by atoms with Crippen molar-refractivity contribution < 1.29 is 4.79 Å². The van der Waals surface area contributed by atoms with Gasteiger partial charge in [-0.25, -0.2) is 4.68 Å². The van der Waals surface area contributed by atoms with Crippen molar-refractivity contribution >= 4 is 47.3 Å². The largest absolute Gasteiger partial charge is 0.330 e. The summed E-state index contributed by atoms with van der Waals surface area (Å²) in [5.41, 5.74) is 6.31. The van der Waals surface area contributed by atoms with Crippen LogP contribution in [0.2, 0.25) is 10.0 Å². The van der Waals surface area contributed by atoms with E-state index in [9.17, 15) is 4.79 Å². The third-order valence-corrected chi connectivity index (χ3v) is 4.55. The number of amides is 1. The van der Waals surface area contributed by atoms with Crippen LogP contribution in [0.25, 0.3) is 0 Å². The number of aromatic nitrogens is 2. The number of nitrogens with zero attached hydrogens (tertiary/aromatic N) is 2. The van der Waals surface area contributed by atoms with E-state index in [-0.39, 0.29) is 18.3 Å². The number of halogens is 3. The summed E-state index contributed by atoms with van der Waals surface area (Å²) in [6, 6.07) is 7.24. The van der Waals surface area contributed by atoms with E-state index in [1.807, 2.05) is 12.1 Å². The van der Waals surface area contributed by atoms with E-state index in [0.717, 1.165) is 31.2 Å². The number of carbonyl (C=O) groups is 1. The molecule has 0 saturated carbocycles. The van der Waals surface area contributed by atoms with Gasteiger partial charge in [0.2, 0.25) is 5.91 Å². The standard InChI is InChI=1S/C17H22Cl2N4O.ClH/c18-14-7-5-6-13(17(14)19)12-23-15(9-11-21-23)22-16(24)8-3-1-2-4-10-20;/h5-7,9,11H,1-4,8,10,12,20H2,(H,22,24);1H. The van der Waals surface area contributed by atoms with Crippen LogP contribution in [0.1, 0.15) is 37.7 Å². The Morgan fingerprint density at radius 1 is 1.16 bits per heavy atom. The van der Waals surface area contributed by atoms with Crippen LogP contribution in [-0.4, -0.2) is 22.2 Å². The van der Waals surface area contributed by atoms with E-state index in [0.29, 0.717) is 35.4 Å². The van der Waals surface area contributed by atoms with Crippen LogP contribution in [-0.2, 0) is 11.3 Å². The summed E-state index contributed by atoms with van der Waals surface area (Å²) in [6.07, 6.45) is 6.09.